The zero-order chi connectivity index (χ0) is 16.8. The minimum Gasteiger partial charge on any atom is -0.333 e. The molecule has 0 unspecified atom stereocenters. The van der Waals surface area contributed by atoms with Crippen LogP contribution >= 0.6 is 0 Å². The van der Waals surface area contributed by atoms with Crippen LogP contribution in [-0.2, 0) is 16.1 Å². The number of amides is 2. The third-order valence-electron chi connectivity index (χ3n) is 4.86. The Balaban J connectivity index is 1.72. The largest absolute Gasteiger partial charge is 0.333 e. The SMILES string of the molecule is O=C1CCCN1CC(=O)N(Cc1ccccn1)[C@@H]1CCCNCC1. The van der Waals surface area contributed by atoms with Gasteiger partial charge < -0.3 is 15.1 Å². The normalized spacial score (nSPS) is 21.6. The van der Waals surface area contributed by atoms with E-state index < -0.39 is 0 Å². The average Bonchev–Trinajstić information content (AvgIpc) is 2.85. The third kappa shape index (κ3) is 4.32. The van der Waals surface area contributed by atoms with Crippen molar-refractivity contribution in [2.45, 2.75) is 44.7 Å². The summed E-state index contributed by atoms with van der Waals surface area (Å²) in [7, 11) is 0. The predicted molar refractivity (Wildman–Crippen MR) is 91.1 cm³/mol. The Labute approximate surface area is 143 Å². The van der Waals surface area contributed by atoms with Crippen LogP contribution in [0.4, 0.5) is 0 Å². The van der Waals surface area contributed by atoms with Gasteiger partial charge in [0.25, 0.3) is 0 Å². The zero-order valence-electron chi connectivity index (χ0n) is 14.1. The van der Waals surface area contributed by atoms with Gasteiger partial charge in [-0.25, -0.2) is 0 Å². The lowest BCUT2D eigenvalue weighted by molar-refractivity contribution is -0.140. The van der Waals surface area contributed by atoms with E-state index in [1.54, 1.807) is 11.1 Å². The predicted octanol–water partition coefficient (Wildman–Crippen LogP) is 1.17. The van der Waals surface area contributed by atoms with Crippen molar-refractivity contribution in [2.24, 2.45) is 0 Å². The molecule has 3 rings (SSSR count). The smallest absolute Gasteiger partial charge is 0.242 e. The first-order chi connectivity index (χ1) is 11.7. The Morgan fingerprint density at radius 3 is 2.96 bits per heavy atom. The van der Waals surface area contributed by atoms with Crippen LogP contribution in [-0.4, -0.2) is 58.8 Å². The number of carbonyl (C=O) groups excluding carboxylic acids is 2. The lowest BCUT2D eigenvalue weighted by Crippen LogP contribution is -2.46. The van der Waals surface area contributed by atoms with Crippen molar-refractivity contribution < 1.29 is 9.59 Å². The average molecular weight is 330 g/mol. The van der Waals surface area contributed by atoms with Gasteiger partial charge >= 0.3 is 0 Å². The summed E-state index contributed by atoms with van der Waals surface area (Å²) >= 11 is 0. The molecular weight excluding hydrogens is 304 g/mol. The molecule has 3 heterocycles. The number of hydrogen-bond donors (Lipinski definition) is 1. The van der Waals surface area contributed by atoms with E-state index in [4.69, 9.17) is 0 Å². The van der Waals surface area contributed by atoms with E-state index in [0.29, 0.717) is 19.5 Å². The highest BCUT2D eigenvalue weighted by Gasteiger charge is 2.29. The maximum absolute atomic E-state index is 12.9. The molecule has 1 aromatic rings. The number of nitrogens with zero attached hydrogens (tertiary/aromatic N) is 3. The van der Waals surface area contributed by atoms with E-state index in [9.17, 15) is 9.59 Å². The highest BCUT2D eigenvalue weighted by Crippen LogP contribution is 2.18. The highest BCUT2D eigenvalue weighted by atomic mass is 16.2. The quantitative estimate of drug-likeness (QED) is 0.880. The summed E-state index contributed by atoms with van der Waals surface area (Å²) < 4.78 is 0. The van der Waals surface area contributed by atoms with Gasteiger partial charge in [0.2, 0.25) is 11.8 Å². The van der Waals surface area contributed by atoms with E-state index in [2.05, 4.69) is 10.3 Å². The maximum atomic E-state index is 12.9. The van der Waals surface area contributed by atoms with Crippen LogP contribution in [0.1, 0.15) is 37.8 Å². The summed E-state index contributed by atoms with van der Waals surface area (Å²) in [5, 5.41) is 3.40. The molecule has 1 atom stereocenters. The Morgan fingerprint density at radius 1 is 1.29 bits per heavy atom. The Morgan fingerprint density at radius 2 is 2.21 bits per heavy atom. The minimum absolute atomic E-state index is 0.0443. The van der Waals surface area contributed by atoms with Crippen molar-refractivity contribution in [1.82, 2.24) is 20.1 Å². The number of pyridine rings is 1. The first-order valence-electron chi connectivity index (χ1n) is 8.92. The van der Waals surface area contributed by atoms with Crippen molar-refractivity contribution in [3.05, 3.63) is 30.1 Å². The molecule has 1 aromatic heterocycles. The van der Waals surface area contributed by atoms with Crippen LogP contribution in [0.2, 0.25) is 0 Å². The Hall–Kier alpha value is -1.95. The number of likely N-dealkylation sites (tertiary alicyclic amines) is 1. The molecule has 6 heteroatoms. The topological polar surface area (TPSA) is 65.5 Å². The lowest BCUT2D eigenvalue weighted by atomic mass is 10.1. The summed E-state index contributed by atoms with van der Waals surface area (Å²) in [5.74, 6) is 0.145. The van der Waals surface area contributed by atoms with Gasteiger partial charge in [-0.2, -0.15) is 0 Å². The summed E-state index contributed by atoms with van der Waals surface area (Å²) in [6.45, 7) is 3.36. The van der Waals surface area contributed by atoms with Crippen molar-refractivity contribution >= 4 is 11.8 Å². The molecule has 0 radical (unpaired) electrons. The van der Waals surface area contributed by atoms with Gasteiger partial charge in [0, 0.05) is 25.2 Å². The van der Waals surface area contributed by atoms with Gasteiger partial charge in [-0.15, -0.1) is 0 Å². The fraction of sp³-hybridized carbons (Fsp3) is 0.611. The molecular formula is C18H26N4O2. The lowest BCUT2D eigenvalue weighted by Gasteiger charge is -2.32. The number of hydrogen-bond acceptors (Lipinski definition) is 4. The number of carbonyl (C=O) groups is 2. The van der Waals surface area contributed by atoms with Gasteiger partial charge in [-0.1, -0.05) is 6.07 Å². The Kier molecular flexibility index (Phi) is 5.80. The number of rotatable bonds is 5. The van der Waals surface area contributed by atoms with E-state index >= 15 is 0 Å². The van der Waals surface area contributed by atoms with E-state index in [1.807, 2.05) is 23.1 Å². The van der Waals surface area contributed by atoms with Crippen molar-refractivity contribution in [3.8, 4) is 0 Å². The molecule has 6 nitrogen and oxygen atoms in total. The second kappa shape index (κ2) is 8.24. The second-order valence-corrected chi connectivity index (χ2v) is 6.60. The molecule has 2 saturated heterocycles. The number of nitrogens with one attached hydrogen (secondary N) is 1. The van der Waals surface area contributed by atoms with Gasteiger partial charge in [-0.3, -0.25) is 14.6 Å². The third-order valence-corrected chi connectivity index (χ3v) is 4.86. The van der Waals surface area contributed by atoms with Crippen LogP contribution in [0.5, 0.6) is 0 Å². The summed E-state index contributed by atoms with van der Waals surface area (Å²) in [6.07, 6.45) is 6.21. The van der Waals surface area contributed by atoms with E-state index in [1.165, 1.54) is 0 Å². The molecule has 0 bridgehead atoms. The molecule has 0 saturated carbocycles. The molecule has 24 heavy (non-hydrogen) atoms. The van der Waals surface area contributed by atoms with Gasteiger partial charge in [0.1, 0.15) is 0 Å². The van der Waals surface area contributed by atoms with Gasteiger partial charge in [0.05, 0.1) is 18.8 Å². The number of aromatic nitrogens is 1. The standard InChI is InChI=1S/C18H26N4O2/c23-17-7-4-12-21(17)14-18(24)22(13-15-5-1-2-10-20-15)16-6-3-9-19-11-8-16/h1-2,5,10,16,19H,3-4,6-9,11-14H2/t16-/m1/s1. The van der Waals surface area contributed by atoms with Crippen molar-refractivity contribution in [2.75, 3.05) is 26.2 Å². The van der Waals surface area contributed by atoms with Crippen LogP contribution in [0.25, 0.3) is 0 Å². The van der Waals surface area contributed by atoms with Crippen LogP contribution in [0.3, 0.4) is 0 Å². The van der Waals surface area contributed by atoms with Crippen molar-refractivity contribution in [1.29, 1.82) is 0 Å². The molecule has 0 aliphatic carbocycles. The molecule has 2 aliphatic rings. The molecule has 2 amide bonds. The second-order valence-electron chi connectivity index (χ2n) is 6.60. The van der Waals surface area contributed by atoms with Gasteiger partial charge in [0.15, 0.2) is 0 Å². The highest BCUT2D eigenvalue weighted by molar-refractivity contribution is 5.86. The van der Waals surface area contributed by atoms with Crippen molar-refractivity contribution in [3.63, 3.8) is 0 Å². The maximum Gasteiger partial charge on any atom is 0.242 e. The fourth-order valence-corrected chi connectivity index (χ4v) is 3.52. The zero-order valence-corrected chi connectivity index (χ0v) is 14.1. The molecule has 0 aromatic carbocycles. The Bertz CT molecular complexity index is 555. The monoisotopic (exact) mass is 330 g/mol. The summed E-state index contributed by atoms with van der Waals surface area (Å²) in [4.78, 5) is 32.8. The molecule has 1 N–H and O–H groups in total. The first-order valence-corrected chi connectivity index (χ1v) is 8.92. The fourth-order valence-electron chi connectivity index (χ4n) is 3.52. The van der Waals surface area contributed by atoms with Crippen LogP contribution < -0.4 is 5.32 Å². The van der Waals surface area contributed by atoms with Crippen LogP contribution in [0, 0.1) is 0 Å². The van der Waals surface area contributed by atoms with Crippen LogP contribution in [0.15, 0.2) is 24.4 Å². The molecule has 130 valence electrons. The summed E-state index contributed by atoms with van der Waals surface area (Å²) in [5.41, 5.74) is 0.899. The van der Waals surface area contributed by atoms with E-state index in [-0.39, 0.29) is 24.4 Å². The molecule has 2 aliphatic heterocycles. The minimum atomic E-state index is 0.0443. The summed E-state index contributed by atoms with van der Waals surface area (Å²) in [6, 6.07) is 6.00. The molecule has 0 spiro atoms. The first kappa shape index (κ1) is 16.9. The molecule has 2 fully saturated rings. The van der Waals surface area contributed by atoms with E-state index in [0.717, 1.165) is 44.5 Å². The van der Waals surface area contributed by atoms with Gasteiger partial charge in [-0.05, 0) is 50.9 Å².